The Kier molecular flexibility index (Phi) is 3.28. The summed E-state index contributed by atoms with van der Waals surface area (Å²) in [5.74, 6) is 0. The number of piperazine rings is 1. The predicted octanol–water partition coefficient (Wildman–Crippen LogP) is 1.70. The lowest BCUT2D eigenvalue weighted by molar-refractivity contribution is -0.384. The molecule has 0 bridgehead atoms. The Balaban J connectivity index is 2.29. The molecule has 1 aromatic rings. The van der Waals surface area contributed by atoms with E-state index in [2.05, 4.69) is 17.1 Å². The Bertz CT molecular complexity index is 434. The second-order valence-electron chi connectivity index (χ2n) is 4.47. The molecule has 2 rings (SSSR count). The molecule has 1 aromatic carbocycles. The van der Waals surface area contributed by atoms with E-state index in [0.717, 1.165) is 30.9 Å². The molecule has 1 atom stereocenters. The van der Waals surface area contributed by atoms with Gasteiger partial charge in [-0.1, -0.05) is 0 Å². The zero-order valence-corrected chi connectivity index (χ0v) is 10.1. The minimum Gasteiger partial charge on any atom is -0.366 e. The molecular weight excluding hydrogens is 218 g/mol. The molecule has 0 spiro atoms. The van der Waals surface area contributed by atoms with Crippen molar-refractivity contribution in [2.24, 2.45) is 0 Å². The van der Waals surface area contributed by atoms with Crippen LogP contribution in [0, 0.1) is 17.0 Å². The van der Waals surface area contributed by atoms with E-state index in [9.17, 15) is 10.1 Å². The van der Waals surface area contributed by atoms with Crippen molar-refractivity contribution in [2.45, 2.75) is 19.9 Å². The average molecular weight is 235 g/mol. The Morgan fingerprint density at radius 3 is 2.88 bits per heavy atom. The molecule has 92 valence electrons. The molecule has 0 aliphatic carbocycles. The quantitative estimate of drug-likeness (QED) is 0.626. The Morgan fingerprint density at radius 1 is 1.53 bits per heavy atom. The van der Waals surface area contributed by atoms with Gasteiger partial charge in [-0.15, -0.1) is 0 Å². The second kappa shape index (κ2) is 4.71. The van der Waals surface area contributed by atoms with Gasteiger partial charge in [0.1, 0.15) is 0 Å². The monoisotopic (exact) mass is 235 g/mol. The molecule has 1 N–H and O–H groups in total. The molecule has 1 saturated heterocycles. The second-order valence-corrected chi connectivity index (χ2v) is 4.47. The number of anilines is 1. The van der Waals surface area contributed by atoms with Crippen LogP contribution in [0.1, 0.15) is 12.5 Å². The maximum Gasteiger partial charge on any atom is 0.269 e. The van der Waals surface area contributed by atoms with Gasteiger partial charge in [0.05, 0.1) is 4.92 Å². The minimum atomic E-state index is -0.349. The largest absolute Gasteiger partial charge is 0.366 e. The Morgan fingerprint density at radius 2 is 2.29 bits per heavy atom. The number of benzene rings is 1. The number of nitrogens with one attached hydrogen (secondary N) is 1. The van der Waals surface area contributed by atoms with Gasteiger partial charge in [0, 0.05) is 43.5 Å². The molecular formula is C12H17N3O2. The van der Waals surface area contributed by atoms with Gasteiger partial charge in [0.2, 0.25) is 0 Å². The number of non-ortho nitro benzene ring substituents is 1. The SMILES string of the molecule is Cc1cc([N+](=O)[O-])ccc1N1CCNC[C@@H]1C. The van der Waals surface area contributed by atoms with E-state index in [1.165, 1.54) is 0 Å². The van der Waals surface area contributed by atoms with Crippen molar-refractivity contribution in [3.05, 3.63) is 33.9 Å². The van der Waals surface area contributed by atoms with Crippen molar-refractivity contribution in [2.75, 3.05) is 24.5 Å². The topological polar surface area (TPSA) is 58.4 Å². The Hall–Kier alpha value is -1.62. The number of aryl methyl sites for hydroxylation is 1. The highest BCUT2D eigenvalue weighted by Crippen LogP contribution is 2.26. The third kappa shape index (κ3) is 2.39. The van der Waals surface area contributed by atoms with E-state index in [1.807, 2.05) is 13.0 Å². The molecule has 1 aliphatic heterocycles. The number of hydrogen-bond donors (Lipinski definition) is 1. The van der Waals surface area contributed by atoms with Crippen LogP contribution < -0.4 is 10.2 Å². The third-order valence-corrected chi connectivity index (χ3v) is 3.20. The zero-order chi connectivity index (χ0) is 12.4. The minimum absolute atomic E-state index is 0.161. The van der Waals surface area contributed by atoms with Crippen LogP contribution >= 0.6 is 0 Å². The van der Waals surface area contributed by atoms with Crippen LogP contribution in [0.3, 0.4) is 0 Å². The van der Waals surface area contributed by atoms with Crippen molar-refractivity contribution in [3.63, 3.8) is 0 Å². The molecule has 0 radical (unpaired) electrons. The summed E-state index contributed by atoms with van der Waals surface area (Å²) in [5, 5.41) is 14.0. The van der Waals surface area contributed by atoms with Gasteiger partial charge in [0.15, 0.2) is 0 Å². The fourth-order valence-corrected chi connectivity index (χ4v) is 2.27. The molecule has 0 amide bonds. The standard InChI is InChI=1S/C12H17N3O2/c1-9-7-11(15(16)17)3-4-12(9)14-6-5-13-8-10(14)2/h3-4,7,10,13H,5-6,8H2,1-2H3/t10-/m0/s1. The lowest BCUT2D eigenvalue weighted by atomic mass is 10.1. The summed E-state index contributed by atoms with van der Waals surface area (Å²) in [6.07, 6.45) is 0. The third-order valence-electron chi connectivity index (χ3n) is 3.20. The van der Waals surface area contributed by atoms with Crippen LogP contribution in [0.5, 0.6) is 0 Å². The van der Waals surface area contributed by atoms with Gasteiger partial charge in [-0.25, -0.2) is 0 Å². The highest BCUT2D eigenvalue weighted by Gasteiger charge is 2.20. The van der Waals surface area contributed by atoms with E-state index in [1.54, 1.807) is 12.1 Å². The first-order chi connectivity index (χ1) is 8.09. The highest BCUT2D eigenvalue weighted by molar-refractivity contribution is 5.58. The summed E-state index contributed by atoms with van der Waals surface area (Å²) < 4.78 is 0. The van der Waals surface area contributed by atoms with E-state index in [4.69, 9.17) is 0 Å². The summed E-state index contributed by atoms with van der Waals surface area (Å²) in [4.78, 5) is 12.6. The highest BCUT2D eigenvalue weighted by atomic mass is 16.6. The van der Waals surface area contributed by atoms with Crippen molar-refractivity contribution in [1.82, 2.24) is 5.32 Å². The molecule has 17 heavy (non-hydrogen) atoms. The van der Waals surface area contributed by atoms with Gasteiger partial charge in [-0.3, -0.25) is 10.1 Å². The summed E-state index contributed by atoms with van der Waals surface area (Å²) in [5.41, 5.74) is 2.23. The molecule has 0 aromatic heterocycles. The fraction of sp³-hybridized carbons (Fsp3) is 0.500. The molecule has 0 unspecified atom stereocenters. The van der Waals surface area contributed by atoms with Gasteiger partial charge in [-0.05, 0) is 25.5 Å². The van der Waals surface area contributed by atoms with Crippen LogP contribution in [0.25, 0.3) is 0 Å². The lowest BCUT2D eigenvalue weighted by Crippen LogP contribution is -2.50. The van der Waals surface area contributed by atoms with Gasteiger partial charge < -0.3 is 10.2 Å². The van der Waals surface area contributed by atoms with Crippen molar-refractivity contribution in [1.29, 1.82) is 0 Å². The fourth-order valence-electron chi connectivity index (χ4n) is 2.27. The molecule has 5 heteroatoms. The first kappa shape index (κ1) is 11.9. The van der Waals surface area contributed by atoms with Crippen molar-refractivity contribution >= 4 is 11.4 Å². The van der Waals surface area contributed by atoms with Gasteiger partial charge >= 0.3 is 0 Å². The lowest BCUT2D eigenvalue weighted by Gasteiger charge is -2.36. The maximum absolute atomic E-state index is 10.7. The van der Waals surface area contributed by atoms with E-state index in [-0.39, 0.29) is 10.6 Å². The summed E-state index contributed by atoms with van der Waals surface area (Å²) >= 11 is 0. The van der Waals surface area contributed by atoms with Gasteiger partial charge in [-0.2, -0.15) is 0 Å². The maximum atomic E-state index is 10.7. The van der Waals surface area contributed by atoms with E-state index in [0.29, 0.717) is 6.04 Å². The van der Waals surface area contributed by atoms with Gasteiger partial charge in [0.25, 0.3) is 5.69 Å². The predicted molar refractivity (Wildman–Crippen MR) is 67.5 cm³/mol. The molecule has 1 heterocycles. The molecule has 1 fully saturated rings. The summed E-state index contributed by atoms with van der Waals surface area (Å²) in [7, 11) is 0. The summed E-state index contributed by atoms with van der Waals surface area (Å²) in [6.45, 7) is 6.95. The van der Waals surface area contributed by atoms with Crippen molar-refractivity contribution < 1.29 is 4.92 Å². The smallest absolute Gasteiger partial charge is 0.269 e. The van der Waals surface area contributed by atoms with E-state index < -0.39 is 0 Å². The van der Waals surface area contributed by atoms with Crippen LogP contribution in [0.15, 0.2) is 18.2 Å². The molecule has 0 saturated carbocycles. The normalized spacial score (nSPS) is 20.4. The molecule has 5 nitrogen and oxygen atoms in total. The number of hydrogen-bond acceptors (Lipinski definition) is 4. The number of rotatable bonds is 2. The van der Waals surface area contributed by atoms with Crippen LogP contribution in [-0.4, -0.2) is 30.6 Å². The number of nitro groups is 1. The summed E-state index contributed by atoms with van der Waals surface area (Å²) in [6, 6.07) is 5.50. The van der Waals surface area contributed by atoms with Crippen LogP contribution in [0.2, 0.25) is 0 Å². The first-order valence-electron chi connectivity index (χ1n) is 5.82. The number of nitrogens with zero attached hydrogens (tertiary/aromatic N) is 2. The molecule has 1 aliphatic rings. The van der Waals surface area contributed by atoms with Crippen molar-refractivity contribution in [3.8, 4) is 0 Å². The zero-order valence-electron chi connectivity index (χ0n) is 10.1. The Labute approximate surface area is 101 Å². The first-order valence-corrected chi connectivity index (χ1v) is 5.82. The average Bonchev–Trinajstić information content (AvgIpc) is 2.30. The van der Waals surface area contributed by atoms with Crippen LogP contribution in [-0.2, 0) is 0 Å². The van der Waals surface area contributed by atoms with Crippen LogP contribution in [0.4, 0.5) is 11.4 Å². The number of nitro benzene ring substituents is 1. The van der Waals surface area contributed by atoms with E-state index >= 15 is 0 Å².